The number of aliphatic carboxylic acids is 2. The van der Waals surface area contributed by atoms with Gasteiger partial charge in [-0.05, 0) is 12.3 Å². The minimum atomic E-state index is -1.25. The van der Waals surface area contributed by atoms with E-state index in [1.807, 2.05) is 0 Å². The third-order valence-corrected chi connectivity index (χ3v) is 4.33. The molecule has 1 aromatic rings. The van der Waals surface area contributed by atoms with Gasteiger partial charge in [-0.25, -0.2) is 9.78 Å². The van der Waals surface area contributed by atoms with E-state index in [1.165, 1.54) is 12.5 Å². The predicted octanol–water partition coefficient (Wildman–Crippen LogP) is -2.03. The smallest absolute Gasteiger partial charge is 0.326 e. The first-order chi connectivity index (χ1) is 14.5. The summed E-state index contributed by atoms with van der Waals surface area (Å²) >= 11 is 0. The van der Waals surface area contributed by atoms with Crippen LogP contribution in [-0.4, -0.2) is 74.5 Å². The molecule has 3 atom stereocenters. The minimum Gasteiger partial charge on any atom is -0.481 e. The van der Waals surface area contributed by atoms with Gasteiger partial charge < -0.3 is 36.9 Å². The van der Waals surface area contributed by atoms with Crippen LogP contribution in [0.2, 0.25) is 0 Å². The molecule has 1 heterocycles. The maximum absolute atomic E-state index is 12.8. The molecule has 0 saturated carbocycles. The molecule has 0 aliphatic heterocycles. The zero-order valence-electron chi connectivity index (χ0n) is 17.3. The molecule has 0 aliphatic carbocycles. The van der Waals surface area contributed by atoms with E-state index in [2.05, 4.69) is 25.9 Å². The molecule has 0 aliphatic rings. The zero-order chi connectivity index (χ0) is 23.6. The first-order valence-corrected chi connectivity index (χ1v) is 9.57. The Kier molecular flexibility index (Phi) is 10.1. The van der Waals surface area contributed by atoms with Gasteiger partial charge in [0, 0.05) is 24.7 Å². The van der Waals surface area contributed by atoms with E-state index in [0.717, 1.165) is 0 Å². The van der Waals surface area contributed by atoms with Crippen molar-refractivity contribution in [3.05, 3.63) is 18.2 Å². The van der Waals surface area contributed by atoms with Crippen LogP contribution in [0.15, 0.2) is 12.5 Å². The van der Waals surface area contributed by atoms with Gasteiger partial charge in [0.1, 0.15) is 18.1 Å². The third-order valence-electron chi connectivity index (χ3n) is 4.33. The molecule has 0 radical (unpaired) electrons. The number of aromatic amines is 1. The summed E-state index contributed by atoms with van der Waals surface area (Å²) in [4.78, 5) is 66.0. The number of nitrogens with one attached hydrogen (secondary N) is 4. The van der Waals surface area contributed by atoms with Crippen LogP contribution >= 0.6 is 0 Å². The fourth-order valence-corrected chi connectivity index (χ4v) is 2.66. The number of nitrogens with zero attached hydrogens (tertiary/aromatic N) is 1. The number of hydrogen-bond acceptors (Lipinski definition) is 7. The van der Waals surface area contributed by atoms with E-state index >= 15 is 0 Å². The van der Waals surface area contributed by atoms with Gasteiger partial charge in [0.15, 0.2) is 0 Å². The number of hydrogen-bond donors (Lipinski definition) is 7. The molecule has 0 aromatic carbocycles. The van der Waals surface area contributed by atoms with Crippen LogP contribution in [0.3, 0.4) is 0 Å². The van der Waals surface area contributed by atoms with Crippen molar-refractivity contribution < 1.29 is 34.2 Å². The molecule has 0 spiro atoms. The maximum Gasteiger partial charge on any atom is 0.326 e. The fourth-order valence-electron chi connectivity index (χ4n) is 2.66. The number of aromatic nitrogens is 2. The molecular weight excluding hydrogens is 412 g/mol. The highest BCUT2D eigenvalue weighted by molar-refractivity contribution is 5.94. The van der Waals surface area contributed by atoms with Crippen molar-refractivity contribution in [2.24, 2.45) is 11.7 Å². The Hall–Kier alpha value is -3.48. The van der Waals surface area contributed by atoms with Crippen molar-refractivity contribution in [1.29, 1.82) is 0 Å². The number of carboxylic acids is 2. The van der Waals surface area contributed by atoms with Crippen LogP contribution in [0.5, 0.6) is 0 Å². The summed E-state index contributed by atoms with van der Waals surface area (Å²) in [5.41, 5.74) is 5.73. The first-order valence-electron chi connectivity index (χ1n) is 9.57. The average molecular weight is 440 g/mol. The van der Waals surface area contributed by atoms with Gasteiger partial charge in [-0.3, -0.25) is 19.2 Å². The van der Waals surface area contributed by atoms with E-state index < -0.39 is 66.7 Å². The standard InChI is InChI=1S/C18H28N6O7/c1-9(2)15(18(30)31)24-17(29)12(5-10-7-20-8-21-10)23-16(28)11(3-4-14(26)27)22-13(25)6-19/h7-9,11-12,15H,3-6,19H2,1-2H3,(H,20,21)(H,22,25)(H,23,28)(H,24,29)(H,26,27)(H,30,31). The number of carboxylic acid groups (broad SMARTS) is 2. The van der Waals surface area contributed by atoms with Crippen molar-refractivity contribution in [3.63, 3.8) is 0 Å². The summed E-state index contributed by atoms with van der Waals surface area (Å²) < 4.78 is 0. The summed E-state index contributed by atoms with van der Waals surface area (Å²) in [6, 6.07) is -3.64. The lowest BCUT2D eigenvalue weighted by atomic mass is 10.0. The summed E-state index contributed by atoms with van der Waals surface area (Å²) in [6.07, 6.45) is 2.13. The van der Waals surface area contributed by atoms with Crippen LogP contribution in [0.25, 0.3) is 0 Å². The molecule has 0 fully saturated rings. The van der Waals surface area contributed by atoms with E-state index in [-0.39, 0.29) is 12.8 Å². The van der Waals surface area contributed by atoms with Crippen LogP contribution in [0, 0.1) is 5.92 Å². The van der Waals surface area contributed by atoms with Crippen molar-refractivity contribution >= 4 is 29.7 Å². The second-order valence-electron chi connectivity index (χ2n) is 7.17. The molecule has 8 N–H and O–H groups in total. The number of rotatable bonds is 13. The van der Waals surface area contributed by atoms with Gasteiger partial charge in [-0.1, -0.05) is 13.8 Å². The summed E-state index contributed by atoms with van der Waals surface area (Å²) in [5.74, 6) is -5.06. The van der Waals surface area contributed by atoms with Gasteiger partial charge in [-0.15, -0.1) is 0 Å². The van der Waals surface area contributed by atoms with E-state index in [0.29, 0.717) is 5.69 Å². The zero-order valence-corrected chi connectivity index (χ0v) is 17.3. The molecule has 13 heteroatoms. The lowest BCUT2D eigenvalue weighted by Crippen LogP contribution is -2.57. The molecule has 0 bridgehead atoms. The summed E-state index contributed by atoms with van der Waals surface area (Å²) in [5, 5.41) is 25.4. The van der Waals surface area contributed by atoms with Gasteiger partial charge >= 0.3 is 11.9 Å². The quantitative estimate of drug-likeness (QED) is 0.180. The Morgan fingerprint density at radius 2 is 1.71 bits per heavy atom. The maximum atomic E-state index is 12.8. The number of carbonyl (C=O) groups is 5. The molecule has 13 nitrogen and oxygen atoms in total. The molecule has 1 rings (SSSR count). The second-order valence-corrected chi connectivity index (χ2v) is 7.17. The number of carbonyl (C=O) groups excluding carboxylic acids is 3. The van der Waals surface area contributed by atoms with Crippen LogP contribution in [0.4, 0.5) is 0 Å². The van der Waals surface area contributed by atoms with Crippen LogP contribution in [0.1, 0.15) is 32.4 Å². The van der Waals surface area contributed by atoms with Crippen molar-refractivity contribution in [2.45, 2.75) is 51.2 Å². The highest BCUT2D eigenvalue weighted by atomic mass is 16.4. The highest BCUT2D eigenvalue weighted by Gasteiger charge is 2.31. The normalized spacial score (nSPS) is 13.7. The Balaban J connectivity index is 3.03. The van der Waals surface area contributed by atoms with Crippen molar-refractivity contribution in [3.8, 4) is 0 Å². The third kappa shape index (κ3) is 8.82. The molecule has 31 heavy (non-hydrogen) atoms. The van der Waals surface area contributed by atoms with Crippen LogP contribution < -0.4 is 21.7 Å². The summed E-state index contributed by atoms with van der Waals surface area (Å²) in [7, 11) is 0. The lowest BCUT2D eigenvalue weighted by Gasteiger charge is -2.25. The minimum absolute atomic E-state index is 0.0432. The Morgan fingerprint density at radius 3 is 2.19 bits per heavy atom. The summed E-state index contributed by atoms with van der Waals surface area (Å²) in [6.45, 7) is 2.82. The van der Waals surface area contributed by atoms with Gasteiger partial charge in [0.2, 0.25) is 17.7 Å². The highest BCUT2D eigenvalue weighted by Crippen LogP contribution is 2.06. The topological polar surface area (TPSA) is 217 Å². The Bertz CT molecular complexity index is 780. The average Bonchev–Trinajstić information content (AvgIpc) is 3.20. The number of H-pyrrole nitrogens is 1. The molecule has 172 valence electrons. The molecule has 0 saturated heterocycles. The van der Waals surface area contributed by atoms with Gasteiger partial charge in [0.25, 0.3) is 0 Å². The molecule has 3 unspecified atom stereocenters. The molecule has 3 amide bonds. The SMILES string of the molecule is CC(C)C(NC(=O)C(Cc1cnc[nH]1)NC(=O)C(CCC(=O)O)NC(=O)CN)C(=O)O. The number of nitrogens with two attached hydrogens (primary N) is 1. The molecular formula is C18H28N6O7. The van der Waals surface area contributed by atoms with E-state index in [1.54, 1.807) is 13.8 Å². The fraction of sp³-hybridized carbons (Fsp3) is 0.556. The molecule has 1 aromatic heterocycles. The predicted molar refractivity (Wildman–Crippen MR) is 106 cm³/mol. The van der Waals surface area contributed by atoms with Gasteiger partial charge in [0.05, 0.1) is 12.9 Å². The number of imidazole rings is 1. The van der Waals surface area contributed by atoms with Crippen LogP contribution in [-0.2, 0) is 30.4 Å². The lowest BCUT2D eigenvalue weighted by molar-refractivity contribution is -0.143. The van der Waals surface area contributed by atoms with E-state index in [4.69, 9.17) is 10.8 Å². The van der Waals surface area contributed by atoms with E-state index in [9.17, 15) is 29.1 Å². The first kappa shape index (κ1) is 25.6. The number of amides is 3. The van der Waals surface area contributed by atoms with Crippen molar-refractivity contribution in [2.75, 3.05) is 6.54 Å². The van der Waals surface area contributed by atoms with Gasteiger partial charge in [-0.2, -0.15) is 0 Å². The largest absolute Gasteiger partial charge is 0.481 e. The van der Waals surface area contributed by atoms with Crippen molar-refractivity contribution in [1.82, 2.24) is 25.9 Å². The Labute approximate surface area is 178 Å². The second kappa shape index (κ2) is 12.3. The Morgan fingerprint density at radius 1 is 1.06 bits per heavy atom. The monoisotopic (exact) mass is 440 g/mol.